The van der Waals surface area contributed by atoms with Crippen molar-refractivity contribution >= 4 is 11.6 Å². The molecule has 0 aliphatic rings. The third kappa shape index (κ3) is 3.18. The molecular weight excluding hydrogens is 338 g/mol. The highest BCUT2D eigenvalue weighted by Gasteiger charge is 2.22. The van der Waals surface area contributed by atoms with Crippen LogP contribution >= 0.6 is 0 Å². The van der Waals surface area contributed by atoms with E-state index in [4.69, 9.17) is 4.74 Å². The molecule has 0 amide bonds. The van der Waals surface area contributed by atoms with Gasteiger partial charge in [-0.2, -0.15) is 0 Å². The second-order valence-corrected chi connectivity index (χ2v) is 5.91. The molecule has 1 aromatic carbocycles. The van der Waals surface area contributed by atoms with Crippen LogP contribution in [-0.4, -0.2) is 43.5 Å². The lowest BCUT2D eigenvalue weighted by molar-refractivity contribution is 0.0688. The van der Waals surface area contributed by atoms with Crippen LogP contribution in [0.5, 0.6) is 5.75 Å². The number of aliphatic hydroxyl groups excluding tert-OH is 1. The van der Waals surface area contributed by atoms with Gasteiger partial charge in [0.05, 0.1) is 18.3 Å². The van der Waals surface area contributed by atoms with Crippen LogP contribution in [-0.2, 0) is 6.42 Å². The fourth-order valence-electron chi connectivity index (χ4n) is 2.82. The van der Waals surface area contributed by atoms with Gasteiger partial charge in [-0.3, -0.25) is 9.89 Å². The molecule has 0 fully saturated rings. The Balaban J connectivity index is 2.17. The number of carbonyl (C=O) groups is 1. The molecule has 8 heteroatoms. The van der Waals surface area contributed by atoms with Crippen LogP contribution in [0.3, 0.4) is 0 Å². The first-order valence-electron chi connectivity index (χ1n) is 8.20. The Bertz CT molecular complexity index is 1000. The van der Waals surface area contributed by atoms with Crippen LogP contribution in [0.2, 0.25) is 0 Å². The molecule has 0 saturated heterocycles. The zero-order valence-electron chi connectivity index (χ0n) is 14.4. The van der Waals surface area contributed by atoms with Crippen molar-refractivity contribution in [3.05, 3.63) is 52.1 Å². The Labute approximate surface area is 148 Å². The van der Waals surface area contributed by atoms with Gasteiger partial charge in [0.15, 0.2) is 11.3 Å². The predicted molar refractivity (Wildman–Crippen MR) is 94.8 cm³/mol. The number of hydrogen-bond acceptors (Lipinski definition) is 5. The second-order valence-electron chi connectivity index (χ2n) is 5.91. The molecule has 2 aromatic heterocycles. The number of nitrogens with zero attached hydrogens (tertiary/aromatic N) is 2. The monoisotopic (exact) mass is 357 g/mol. The Morgan fingerprint density at radius 3 is 2.62 bits per heavy atom. The standard InChI is InChI=1S/C18H19N3O5/c1-3-26-12-6-4-11(5-7-12)14-9-19-21-16(14)20-15(18(24)25)13(17(21)23)8-10(2)22/h4-7,9-10,19,22H,3,8H2,1-2H3,(H,24,25). The Morgan fingerprint density at radius 2 is 2.04 bits per heavy atom. The van der Waals surface area contributed by atoms with E-state index >= 15 is 0 Å². The Morgan fingerprint density at radius 1 is 1.35 bits per heavy atom. The first-order chi connectivity index (χ1) is 12.4. The van der Waals surface area contributed by atoms with Crippen molar-refractivity contribution in [3.8, 4) is 16.9 Å². The number of aromatic amines is 1. The molecule has 3 aromatic rings. The third-order valence-electron chi connectivity index (χ3n) is 3.93. The molecule has 0 aliphatic heterocycles. The maximum atomic E-state index is 12.7. The molecule has 0 radical (unpaired) electrons. The average molecular weight is 357 g/mol. The minimum atomic E-state index is -1.31. The molecule has 1 unspecified atom stereocenters. The van der Waals surface area contributed by atoms with Gasteiger partial charge in [-0.05, 0) is 31.5 Å². The van der Waals surface area contributed by atoms with Crippen LogP contribution in [0.1, 0.15) is 29.9 Å². The summed E-state index contributed by atoms with van der Waals surface area (Å²) in [6, 6.07) is 7.20. The van der Waals surface area contributed by atoms with E-state index in [1.165, 1.54) is 11.4 Å². The van der Waals surface area contributed by atoms with E-state index in [0.29, 0.717) is 17.9 Å². The minimum absolute atomic E-state index is 0.0370. The summed E-state index contributed by atoms with van der Waals surface area (Å²) in [5.41, 5.74) is 0.652. The van der Waals surface area contributed by atoms with E-state index in [9.17, 15) is 19.8 Å². The maximum Gasteiger partial charge on any atom is 0.355 e. The van der Waals surface area contributed by atoms with E-state index in [1.807, 2.05) is 19.1 Å². The number of rotatable bonds is 6. The summed E-state index contributed by atoms with van der Waals surface area (Å²) in [5.74, 6) is -0.592. The third-order valence-corrected chi connectivity index (χ3v) is 3.93. The number of nitrogens with one attached hydrogen (secondary N) is 1. The van der Waals surface area contributed by atoms with E-state index in [-0.39, 0.29) is 23.3 Å². The predicted octanol–water partition coefficient (Wildman–Crippen LogP) is 1.71. The number of benzene rings is 1. The molecule has 136 valence electrons. The largest absolute Gasteiger partial charge is 0.494 e. The zero-order chi connectivity index (χ0) is 18.8. The molecule has 0 aliphatic carbocycles. The molecular formula is C18H19N3O5. The van der Waals surface area contributed by atoms with Crippen molar-refractivity contribution in [1.82, 2.24) is 14.6 Å². The molecule has 0 saturated carbocycles. The molecule has 2 heterocycles. The van der Waals surface area contributed by atoms with Gasteiger partial charge in [0.2, 0.25) is 0 Å². The number of aromatic carboxylic acids is 1. The molecule has 1 atom stereocenters. The molecule has 3 N–H and O–H groups in total. The van der Waals surface area contributed by atoms with Crippen molar-refractivity contribution in [2.24, 2.45) is 0 Å². The van der Waals surface area contributed by atoms with Crippen LogP contribution in [0.15, 0.2) is 35.3 Å². The van der Waals surface area contributed by atoms with Crippen molar-refractivity contribution in [2.45, 2.75) is 26.4 Å². The first kappa shape index (κ1) is 17.7. The van der Waals surface area contributed by atoms with Gasteiger partial charge < -0.3 is 14.9 Å². The van der Waals surface area contributed by atoms with Crippen LogP contribution in [0, 0.1) is 0 Å². The normalized spacial score (nSPS) is 12.3. The van der Waals surface area contributed by atoms with Crippen molar-refractivity contribution in [3.63, 3.8) is 0 Å². The number of carboxylic acid groups (broad SMARTS) is 1. The fourth-order valence-corrected chi connectivity index (χ4v) is 2.82. The van der Waals surface area contributed by atoms with Gasteiger partial charge in [-0.1, -0.05) is 12.1 Å². The highest BCUT2D eigenvalue weighted by atomic mass is 16.5. The molecule has 26 heavy (non-hydrogen) atoms. The quantitative estimate of drug-likeness (QED) is 0.618. The minimum Gasteiger partial charge on any atom is -0.494 e. The molecule has 3 rings (SSSR count). The number of hydrogen-bond donors (Lipinski definition) is 3. The first-order valence-corrected chi connectivity index (χ1v) is 8.20. The van der Waals surface area contributed by atoms with Gasteiger partial charge in [0.25, 0.3) is 5.56 Å². The number of ether oxygens (including phenoxy) is 1. The van der Waals surface area contributed by atoms with Gasteiger partial charge in [0, 0.05) is 18.2 Å². The van der Waals surface area contributed by atoms with E-state index in [1.54, 1.807) is 18.3 Å². The summed E-state index contributed by atoms with van der Waals surface area (Å²) in [6.07, 6.45) is 0.645. The van der Waals surface area contributed by atoms with Crippen LogP contribution in [0.4, 0.5) is 0 Å². The van der Waals surface area contributed by atoms with Crippen molar-refractivity contribution in [1.29, 1.82) is 0 Å². The Kier molecular flexibility index (Phi) is 4.77. The molecule has 8 nitrogen and oxygen atoms in total. The van der Waals surface area contributed by atoms with Gasteiger partial charge >= 0.3 is 5.97 Å². The van der Waals surface area contributed by atoms with E-state index in [0.717, 1.165) is 5.56 Å². The van der Waals surface area contributed by atoms with Gasteiger partial charge in [-0.25, -0.2) is 14.3 Å². The average Bonchev–Trinajstić information content (AvgIpc) is 3.02. The number of aliphatic hydroxyl groups is 1. The lowest BCUT2D eigenvalue weighted by Gasteiger charge is -2.08. The van der Waals surface area contributed by atoms with E-state index < -0.39 is 17.6 Å². The molecule has 0 spiro atoms. The second kappa shape index (κ2) is 7.01. The summed E-state index contributed by atoms with van der Waals surface area (Å²) in [5, 5.41) is 21.8. The number of H-pyrrole nitrogens is 1. The SMILES string of the molecule is CCOc1ccc(-c2c[nH]n3c(=O)c(CC(C)O)c(C(=O)O)nc23)cc1. The smallest absolute Gasteiger partial charge is 0.355 e. The highest BCUT2D eigenvalue weighted by Crippen LogP contribution is 2.25. The summed E-state index contributed by atoms with van der Waals surface area (Å²) in [6.45, 7) is 3.93. The highest BCUT2D eigenvalue weighted by molar-refractivity contribution is 5.89. The fraction of sp³-hybridized carbons (Fsp3) is 0.278. The summed E-state index contributed by atoms with van der Waals surface area (Å²) in [4.78, 5) is 28.4. The van der Waals surface area contributed by atoms with Crippen molar-refractivity contribution in [2.75, 3.05) is 6.61 Å². The van der Waals surface area contributed by atoms with Crippen LogP contribution < -0.4 is 10.3 Å². The summed E-state index contributed by atoms with van der Waals surface area (Å²) >= 11 is 0. The lowest BCUT2D eigenvalue weighted by atomic mass is 10.1. The molecule has 0 bridgehead atoms. The van der Waals surface area contributed by atoms with Gasteiger partial charge in [0.1, 0.15) is 5.75 Å². The topological polar surface area (TPSA) is 117 Å². The maximum absolute atomic E-state index is 12.7. The number of carboxylic acids is 1. The Hall–Kier alpha value is -3.13. The zero-order valence-corrected chi connectivity index (χ0v) is 14.4. The number of aromatic nitrogens is 3. The summed E-state index contributed by atoms with van der Waals surface area (Å²) in [7, 11) is 0. The lowest BCUT2D eigenvalue weighted by Crippen LogP contribution is -2.27. The summed E-state index contributed by atoms with van der Waals surface area (Å²) < 4.78 is 6.60. The van der Waals surface area contributed by atoms with Gasteiger partial charge in [-0.15, -0.1) is 0 Å². The van der Waals surface area contributed by atoms with E-state index in [2.05, 4.69) is 10.1 Å². The van der Waals surface area contributed by atoms with Crippen molar-refractivity contribution < 1.29 is 19.7 Å². The number of fused-ring (bicyclic) bond motifs is 1. The van der Waals surface area contributed by atoms with Crippen LogP contribution in [0.25, 0.3) is 16.8 Å².